The molecule has 0 amide bonds. The highest BCUT2D eigenvalue weighted by Gasteiger charge is 2.25. The molecule has 0 atom stereocenters. The van der Waals surface area contributed by atoms with Crippen LogP contribution in [0.2, 0.25) is 0 Å². The first kappa shape index (κ1) is 16.4. The molecule has 5 rings (SSSR count). The fourth-order valence-corrected chi connectivity index (χ4v) is 5.05. The van der Waals surface area contributed by atoms with Crippen molar-refractivity contribution in [2.24, 2.45) is 0 Å². The maximum Gasteiger partial charge on any atom is 0.269 e. The molecule has 27 heavy (non-hydrogen) atoms. The number of hydrogen-bond donors (Lipinski definition) is 0. The molecule has 0 spiro atoms. The molecule has 1 aromatic carbocycles. The van der Waals surface area contributed by atoms with E-state index >= 15 is 0 Å². The van der Waals surface area contributed by atoms with E-state index in [-0.39, 0.29) is 17.2 Å². The maximum absolute atomic E-state index is 13.4. The molecular weight excluding hydrogens is 360 g/mol. The molecule has 0 bridgehead atoms. The highest BCUT2D eigenvalue weighted by atomic mass is 32.1. The highest BCUT2D eigenvalue weighted by molar-refractivity contribution is 7.18. The monoisotopic (exact) mass is 378 g/mol. The number of rotatable bonds is 2. The van der Waals surface area contributed by atoms with Crippen LogP contribution in [-0.4, -0.2) is 24.9 Å². The molecule has 3 heterocycles. The standard InChI is InChI=1S/C20H18N4O2S/c1-11-7-9-13(10-8-11)24-20-21-18-16(14-5-3-4-6-15(14)27-18)19(26)23(20)17(22-24)12(2)25/h7-10H,3-6H2,1-2H3. The van der Waals surface area contributed by atoms with Gasteiger partial charge in [-0.25, -0.2) is 9.38 Å². The van der Waals surface area contributed by atoms with E-state index in [2.05, 4.69) is 5.10 Å². The first-order valence-corrected chi connectivity index (χ1v) is 9.90. The van der Waals surface area contributed by atoms with Gasteiger partial charge in [0, 0.05) is 11.8 Å². The molecule has 0 fully saturated rings. The molecule has 1 aliphatic carbocycles. The number of hydrogen-bond acceptors (Lipinski definition) is 5. The highest BCUT2D eigenvalue weighted by Crippen LogP contribution is 2.34. The molecule has 0 radical (unpaired) electrons. The Kier molecular flexibility index (Phi) is 3.55. The van der Waals surface area contributed by atoms with Crippen LogP contribution >= 0.6 is 11.3 Å². The number of fused-ring (bicyclic) bond motifs is 4. The quantitative estimate of drug-likeness (QED) is 0.501. The molecule has 0 saturated heterocycles. The van der Waals surface area contributed by atoms with Gasteiger partial charge in [-0.05, 0) is 50.3 Å². The number of benzene rings is 1. The average Bonchev–Trinajstić information content (AvgIpc) is 3.21. The van der Waals surface area contributed by atoms with E-state index < -0.39 is 0 Å². The van der Waals surface area contributed by atoms with Crippen molar-refractivity contribution in [3.05, 3.63) is 56.4 Å². The van der Waals surface area contributed by atoms with Crippen molar-refractivity contribution in [3.63, 3.8) is 0 Å². The van der Waals surface area contributed by atoms with Gasteiger partial charge < -0.3 is 0 Å². The lowest BCUT2D eigenvalue weighted by Gasteiger charge is -2.09. The molecule has 7 heteroatoms. The predicted molar refractivity (Wildman–Crippen MR) is 105 cm³/mol. The number of aromatic nitrogens is 4. The fraction of sp³-hybridized carbons (Fsp3) is 0.300. The number of aryl methyl sites for hydroxylation is 3. The van der Waals surface area contributed by atoms with Crippen molar-refractivity contribution in [1.29, 1.82) is 0 Å². The summed E-state index contributed by atoms with van der Waals surface area (Å²) in [6, 6.07) is 7.78. The van der Waals surface area contributed by atoms with Gasteiger partial charge in [-0.15, -0.1) is 16.4 Å². The van der Waals surface area contributed by atoms with Gasteiger partial charge in [-0.1, -0.05) is 17.7 Å². The Bertz CT molecular complexity index is 1280. The Hall–Kier alpha value is -2.80. The summed E-state index contributed by atoms with van der Waals surface area (Å²) in [5, 5.41) is 5.10. The third kappa shape index (κ3) is 2.38. The third-order valence-corrected chi connectivity index (χ3v) is 6.35. The minimum absolute atomic E-state index is 0.126. The molecule has 1 aliphatic rings. The predicted octanol–water partition coefficient (Wildman–Crippen LogP) is 3.48. The van der Waals surface area contributed by atoms with Crippen LogP contribution in [0.3, 0.4) is 0 Å². The Morgan fingerprint density at radius 1 is 1.15 bits per heavy atom. The van der Waals surface area contributed by atoms with E-state index in [1.54, 1.807) is 16.0 Å². The molecule has 6 nitrogen and oxygen atoms in total. The number of carbonyl (C=O) groups is 1. The molecule has 136 valence electrons. The van der Waals surface area contributed by atoms with Crippen LogP contribution in [0, 0.1) is 6.92 Å². The molecular formula is C20H18N4O2S. The smallest absolute Gasteiger partial charge is 0.269 e. The zero-order chi connectivity index (χ0) is 18.7. The molecule has 3 aromatic heterocycles. The topological polar surface area (TPSA) is 69.3 Å². The van der Waals surface area contributed by atoms with Crippen LogP contribution in [0.4, 0.5) is 0 Å². The van der Waals surface area contributed by atoms with Crippen molar-refractivity contribution < 1.29 is 4.79 Å². The van der Waals surface area contributed by atoms with Crippen molar-refractivity contribution in [2.45, 2.75) is 39.5 Å². The van der Waals surface area contributed by atoms with Crippen LogP contribution < -0.4 is 5.56 Å². The lowest BCUT2D eigenvalue weighted by molar-refractivity contribution is 0.100. The molecule has 0 saturated carbocycles. The second kappa shape index (κ2) is 5.85. The van der Waals surface area contributed by atoms with E-state index in [0.29, 0.717) is 11.2 Å². The normalized spacial score (nSPS) is 14.0. The Labute approximate surface area is 159 Å². The van der Waals surface area contributed by atoms with Gasteiger partial charge in [-0.3, -0.25) is 9.59 Å². The number of thiophene rings is 1. The van der Waals surface area contributed by atoms with E-state index in [1.807, 2.05) is 31.2 Å². The van der Waals surface area contributed by atoms with Gasteiger partial charge in [0.1, 0.15) is 4.83 Å². The van der Waals surface area contributed by atoms with Gasteiger partial charge in [0.05, 0.1) is 11.1 Å². The van der Waals surface area contributed by atoms with E-state index in [4.69, 9.17) is 4.98 Å². The summed E-state index contributed by atoms with van der Waals surface area (Å²) in [6.07, 6.45) is 4.14. The molecule has 0 aliphatic heterocycles. The lowest BCUT2D eigenvalue weighted by Crippen LogP contribution is -2.19. The van der Waals surface area contributed by atoms with Crippen LogP contribution in [0.5, 0.6) is 0 Å². The van der Waals surface area contributed by atoms with Gasteiger partial charge in [-0.2, -0.15) is 4.68 Å². The summed E-state index contributed by atoms with van der Waals surface area (Å²) in [5.41, 5.74) is 2.84. The summed E-state index contributed by atoms with van der Waals surface area (Å²) < 4.78 is 2.97. The SMILES string of the molecule is CC(=O)c1nn(-c2ccc(C)cc2)c2nc3sc4c(c3c(=O)n12)CCCC4. The van der Waals surface area contributed by atoms with Crippen molar-refractivity contribution in [2.75, 3.05) is 0 Å². The van der Waals surface area contributed by atoms with Gasteiger partial charge in [0.15, 0.2) is 5.78 Å². The first-order chi connectivity index (χ1) is 13.0. The zero-order valence-corrected chi connectivity index (χ0v) is 16.0. The van der Waals surface area contributed by atoms with Crippen molar-refractivity contribution in [1.82, 2.24) is 19.2 Å². The number of nitrogens with zero attached hydrogens (tertiary/aromatic N) is 4. The van der Waals surface area contributed by atoms with Crippen molar-refractivity contribution in [3.8, 4) is 5.69 Å². The number of ketones is 1. The van der Waals surface area contributed by atoms with Crippen LogP contribution in [0.1, 0.15) is 46.4 Å². The Morgan fingerprint density at radius 3 is 2.63 bits per heavy atom. The third-order valence-electron chi connectivity index (χ3n) is 5.16. The Morgan fingerprint density at radius 2 is 1.89 bits per heavy atom. The van der Waals surface area contributed by atoms with Gasteiger partial charge in [0.25, 0.3) is 5.56 Å². The average molecular weight is 378 g/mol. The molecule has 0 N–H and O–H groups in total. The minimum atomic E-state index is -0.252. The largest absolute Gasteiger partial charge is 0.291 e. The molecule has 4 aromatic rings. The maximum atomic E-state index is 13.4. The number of carbonyl (C=O) groups excluding carboxylic acids is 1. The summed E-state index contributed by atoms with van der Waals surface area (Å²) >= 11 is 1.60. The van der Waals surface area contributed by atoms with E-state index in [1.165, 1.54) is 16.2 Å². The van der Waals surface area contributed by atoms with Crippen molar-refractivity contribution >= 4 is 33.1 Å². The second-order valence-electron chi connectivity index (χ2n) is 7.07. The summed E-state index contributed by atoms with van der Waals surface area (Å²) in [7, 11) is 0. The Balaban J connectivity index is 1.90. The van der Waals surface area contributed by atoms with E-state index in [9.17, 15) is 9.59 Å². The van der Waals surface area contributed by atoms with E-state index in [0.717, 1.165) is 47.3 Å². The zero-order valence-electron chi connectivity index (χ0n) is 15.2. The number of Topliss-reactive ketones (excluding diaryl/α,β-unsaturated/α-hetero) is 1. The summed E-state index contributed by atoms with van der Waals surface area (Å²) in [4.78, 5) is 32.4. The second-order valence-corrected chi connectivity index (χ2v) is 8.15. The van der Waals surface area contributed by atoms with Gasteiger partial charge in [0.2, 0.25) is 11.6 Å². The first-order valence-electron chi connectivity index (χ1n) is 9.08. The fourth-order valence-electron chi connectivity index (χ4n) is 3.80. The van der Waals surface area contributed by atoms with Crippen LogP contribution in [0.15, 0.2) is 29.1 Å². The lowest BCUT2D eigenvalue weighted by atomic mass is 9.97. The minimum Gasteiger partial charge on any atom is -0.291 e. The molecule has 0 unspecified atom stereocenters. The van der Waals surface area contributed by atoms with Crippen LogP contribution in [0.25, 0.3) is 21.7 Å². The summed E-state index contributed by atoms with van der Waals surface area (Å²) in [6.45, 7) is 3.44. The van der Waals surface area contributed by atoms with Gasteiger partial charge >= 0.3 is 0 Å². The summed E-state index contributed by atoms with van der Waals surface area (Å²) in [5.74, 6) is 0.263. The van der Waals surface area contributed by atoms with Crippen LogP contribution in [-0.2, 0) is 12.8 Å².